The highest BCUT2D eigenvalue weighted by atomic mass is 16.2. The van der Waals surface area contributed by atoms with E-state index in [1.54, 1.807) is 29.2 Å². The van der Waals surface area contributed by atoms with Gasteiger partial charge in [-0.05, 0) is 50.1 Å². The predicted molar refractivity (Wildman–Crippen MR) is 108 cm³/mol. The van der Waals surface area contributed by atoms with E-state index >= 15 is 0 Å². The molecule has 7 nitrogen and oxygen atoms in total. The molecule has 3 amide bonds. The standard InChI is InChI=1S/C21H24N4O3/c1-14-8-9-18(15(2)11-14)22-13-19(26)23-24-21(28)16-5-3-6-17(12-16)25-10-4-7-20(25)27/h3,5-6,8-9,11-12,22H,4,7,10,13H2,1-2H3,(H,23,26)(H,24,28). The van der Waals surface area contributed by atoms with Crippen molar-refractivity contribution in [2.24, 2.45) is 0 Å². The Morgan fingerprint density at radius 2 is 1.89 bits per heavy atom. The SMILES string of the molecule is Cc1ccc(NCC(=O)NNC(=O)c2cccc(N3CCCC3=O)c2)c(C)c1. The van der Waals surface area contributed by atoms with E-state index in [4.69, 9.17) is 0 Å². The third-order valence-corrected chi connectivity index (χ3v) is 4.63. The highest BCUT2D eigenvalue weighted by molar-refractivity contribution is 5.99. The van der Waals surface area contributed by atoms with Crippen LogP contribution in [0.4, 0.5) is 11.4 Å². The van der Waals surface area contributed by atoms with Crippen molar-refractivity contribution in [1.82, 2.24) is 10.9 Å². The van der Waals surface area contributed by atoms with Crippen LogP contribution < -0.4 is 21.1 Å². The smallest absolute Gasteiger partial charge is 0.269 e. The van der Waals surface area contributed by atoms with Crippen molar-refractivity contribution in [3.05, 3.63) is 59.2 Å². The average Bonchev–Trinajstić information content (AvgIpc) is 3.11. The van der Waals surface area contributed by atoms with Gasteiger partial charge in [-0.25, -0.2) is 0 Å². The van der Waals surface area contributed by atoms with E-state index in [0.717, 1.165) is 23.2 Å². The lowest BCUT2D eigenvalue weighted by atomic mass is 10.1. The van der Waals surface area contributed by atoms with Gasteiger partial charge < -0.3 is 10.2 Å². The first-order chi connectivity index (χ1) is 13.4. The molecule has 0 aromatic heterocycles. The number of hydrogen-bond donors (Lipinski definition) is 3. The molecule has 146 valence electrons. The quantitative estimate of drug-likeness (QED) is 0.695. The van der Waals surface area contributed by atoms with E-state index in [1.807, 2.05) is 32.0 Å². The molecule has 0 spiro atoms. The fraction of sp³-hybridized carbons (Fsp3) is 0.286. The molecule has 0 unspecified atom stereocenters. The maximum atomic E-state index is 12.3. The number of hydrazine groups is 1. The van der Waals surface area contributed by atoms with Gasteiger partial charge in [0.1, 0.15) is 0 Å². The number of carbonyl (C=O) groups excluding carboxylic acids is 3. The summed E-state index contributed by atoms with van der Waals surface area (Å²) in [6, 6.07) is 12.7. The fourth-order valence-electron chi connectivity index (χ4n) is 3.17. The second-order valence-electron chi connectivity index (χ2n) is 6.87. The lowest BCUT2D eigenvalue weighted by Crippen LogP contribution is -2.44. The minimum Gasteiger partial charge on any atom is -0.376 e. The second-order valence-corrected chi connectivity index (χ2v) is 6.87. The normalized spacial score (nSPS) is 13.4. The number of aryl methyl sites for hydroxylation is 2. The Bertz CT molecular complexity index is 910. The van der Waals surface area contributed by atoms with Crippen LogP contribution in [0, 0.1) is 13.8 Å². The molecule has 3 rings (SSSR count). The van der Waals surface area contributed by atoms with Gasteiger partial charge in [-0.2, -0.15) is 0 Å². The molecule has 0 radical (unpaired) electrons. The number of amides is 3. The van der Waals surface area contributed by atoms with Crippen molar-refractivity contribution >= 4 is 29.1 Å². The molecule has 1 heterocycles. The van der Waals surface area contributed by atoms with Crippen molar-refractivity contribution in [3.8, 4) is 0 Å². The summed E-state index contributed by atoms with van der Waals surface area (Å²) in [5.74, 6) is -0.740. The van der Waals surface area contributed by atoms with Gasteiger partial charge >= 0.3 is 0 Å². The number of rotatable bonds is 5. The van der Waals surface area contributed by atoms with Crippen molar-refractivity contribution in [3.63, 3.8) is 0 Å². The van der Waals surface area contributed by atoms with Crippen molar-refractivity contribution in [2.45, 2.75) is 26.7 Å². The Balaban J connectivity index is 1.52. The van der Waals surface area contributed by atoms with E-state index in [-0.39, 0.29) is 18.4 Å². The van der Waals surface area contributed by atoms with Crippen LogP contribution in [-0.2, 0) is 9.59 Å². The molecule has 3 N–H and O–H groups in total. The first-order valence-electron chi connectivity index (χ1n) is 9.25. The molecule has 1 fully saturated rings. The summed E-state index contributed by atoms with van der Waals surface area (Å²) in [5.41, 5.74) is 8.94. The van der Waals surface area contributed by atoms with E-state index in [9.17, 15) is 14.4 Å². The lowest BCUT2D eigenvalue weighted by molar-refractivity contribution is -0.120. The predicted octanol–water partition coefficient (Wildman–Crippen LogP) is 2.30. The zero-order valence-corrected chi connectivity index (χ0v) is 16.0. The molecule has 0 atom stereocenters. The Labute approximate surface area is 164 Å². The molecule has 0 bridgehead atoms. The molecular weight excluding hydrogens is 356 g/mol. The highest BCUT2D eigenvalue weighted by Gasteiger charge is 2.22. The van der Waals surface area contributed by atoms with E-state index < -0.39 is 5.91 Å². The minimum atomic E-state index is -0.437. The van der Waals surface area contributed by atoms with Gasteiger partial charge in [-0.3, -0.25) is 25.2 Å². The monoisotopic (exact) mass is 380 g/mol. The average molecular weight is 380 g/mol. The number of benzene rings is 2. The lowest BCUT2D eigenvalue weighted by Gasteiger charge is -2.16. The second kappa shape index (κ2) is 8.56. The molecule has 7 heteroatoms. The van der Waals surface area contributed by atoms with Crippen LogP contribution in [0.25, 0.3) is 0 Å². The van der Waals surface area contributed by atoms with Gasteiger partial charge in [0, 0.05) is 29.9 Å². The first-order valence-corrected chi connectivity index (χ1v) is 9.25. The summed E-state index contributed by atoms with van der Waals surface area (Å²) in [7, 11) is 0. The van der Waals surface area contributed by atoms with Crippen molar-refractivity contribution < 1.29 is 14.4 Å². The number of anilines is 2. The van der Waals surface area contributed by atoms with Gasteiger partial charge in [0.2, 0.25) is 5.91 Å². The van der Waals surface area contributed by atoms with Gasteiger partial charge in [-0.1, -0.05) is 23.8 Å². The largest absolute Gasteiger partial charge is 0.376 e. The van der Waals surface area contributed by atoms with Crippen LogP contribution in [-0.4, -0.2) is 30.8 Å². The fourth-order valence-corrected chi connectivity index (χ4v) is 3.17. The molecule has 28 heavy (non-hydrogen) atoms. The highest BCUT2D eigenvalue weighted by Crippen LogP contribution is 2.22. The number of hydrogen-bond acceptors (Lipinski definition) is 4. The minimum absolute atomic E-state index is 0.0342. The molecule has 1 saturated heterocycles. The molecule has 1 aliphatic rings. The van der Waals surface area contributed by atoms with Crippen molar-refractivity contribution in [1.29, 1.82) is 0 Å². The summed E-state index contributed by atoms with van der Waals surface area (Å²) < 4.78 is 0. The summed E-state index contributed by atoms with van der Waals surface area (Å²) in [5, 5.41) is 3.05. The summed E-state index contributed by atoms with van der Waals surface area (Å²) >= 11 is 0. The van der Waals surface area contributed by atoms with Crippen LogP contribution >= 0.6 is 0 Å². The molecule has 2 aromatic rings. The molecule has 0 aliphatic carbocycles. The third-order valence-electron chi connectivity index (χ3n) is 4.63. The van der Waals surface area contributed by atoms with Gasteiger partial charge in [0.15, 0.2) is 0 Å². The molecule has 2 aromatic carbocycles. The van der Waals surface area contributed by atoms with Gasteiger partial charge in [0.25, 0.3) is 11.8 Å². The Hall–Kier alpha value is -3.35. The maximum absolute atomic E-state index is 12.3. The Morgan fingerprint density at radius 1 is 1.07 bits per heavy atom. The molecular formula is C21H24N4O3. The zero-order valence-electron chi connectivity index (χ0n) is 16.0. The van der Waals surface area contributed by atoms with Gasteiger partial charge in [0.05, 0.1) is 6.54 Å². The van der Waals surface area contributed by atoms with Gasteiger partial charge in [-0.15, -0.1) is 0 Å². The summed E-state index contributed by atoms with van der Waals surface area (Å²) in [6.07, 6.45) is 1.35. The topological polar surface area (TPSA) is 90.5 Å². The number of nitrogens with zero attached hydrogens (tertiary/aromatic N) is 1. The third kappa shape index (κ3) is 4.68. The Morgan fingerprint density at radius 3 is 2.61 bits per heavy atom. The van der Waals surface area contributed by atoms with Crippen LogP contribution in [0.2, 0.25) is 0 Å². The van der Waals surface area contributed by atoms with Crippen LogP contribution in [0.3, 0.4) is 0 Å². The van der Waals surface area contributed by atoms with Crippen LogP contribution in [0.1, 0.15) is 34.3 Å². The number of nitrogens with one attached hydrogen (secondary N) is 3. The maximum Gasteiger partial charge on any atom is 0.269 e. The Kier molecular flexibility index (Phi) is 5.93. The molecule has 0 saturated carbocycles. The summed E-state index contributed by atoms with van der Waals surface area (Å²) in [6.45, 7) is 4.66. The van der Waals surface area contributed by atoms with E-state index in [1.165, 1.54) is 0 Å². The number of carbonyl (C=O) groups is 3. The zero-order chi connectivity index (χ0) is 20.1. The van der Waals surface area contributed by atoms with E-state index in [0.29, 0.717) is 24.2 Å². The van der Waals surface area contributed by atoms with Crippen LogP contribution in [0.5, 0.6) is 0 Å². The van der Waals surface area contributed by atoms with E-state index in [2.05, 4.69) is 16.2 Å². The van der Waals surface area contributed by atoms with Crippen molar-refractivity contribution in [2.75, 3.05) is 23.3 Å². The first kappa shape index (κ1) is 19.4. The molecule has 1 aliphatic heterocycles. The summed E-state index contributed by atoms with van der Waals surface area (Å²) in [4.78, 5) is 37.9. The van der Waals surface area contributed by atoms with Crippen LogP contribution in [0.15, 0.2) is 42.5 Å².